The predicted octanol–water partition coefficient (Wildman–Crippen LogP) is 2.04. The molecule has 0 saturated heterocycles. The number of hydrogen-bond acceptors (Lipinski definition) is 2. The van der Waals surface area contributed by atoms with E-state index in [-0.39, 0.29) is 17.7 Å². The molecular formula is C11H19NO. The Morgan fingerprint density at radius 2 is 2.15 bits per heavy atom. The van der Waals surface area contributed by atoms with E-state index in [0.717, 1.165) is 24.8 Å². The minimum absolute atomic E-state index is 0.162. The predicted molar refractivity (Wildman–Crippen MR) is 54.4 cm³/mol. The van der Waals surface area contributed by atoms with Gasteiger partial charge >= 0.3 is 0 Å². The lowest BCUT2D eigenvalue weighted by atomic mass is 9.89. The van der Waals surface area contributed by atoms with Crippen molar-refractivity contribution < 1.29 is 4.79 Å². The second-order valence-corrected chi connectivity index (χ2v) is 4.11. The Hall–Kier alpha value is -0.630. The lowest BCUT2D eigenvalue weighted by molar-refractivity contribution is -0.117. The van der Waals surface area contributed by atoms with Gasteiger partial charge < -0.3 is 5.73 Å². The molecule has 0 aliphatic heterocycles. The van der Waals surface area contributed by atoms with Crippen LogP contribution in [0.25, 0.3) is 0 Å². The Morgan fingerprint density at radius 1 is 1.46 bits per heavy atom. The lowest BCUT2D eigenvalue weighted by Gasteiger charge is -2.18. The Kier molecular flexibility index (Phi) is 3.67. The van der Waals surface area contributed by atoms with Crippen molar-refractivity contribution in [3.05, 3.63) is 11.6 Å². The van der Waals surface area contributed by atoms with Gasteiger partial charge in [0.1, 0.15) is 0 Å². The molecule has 1 unspecified atom stereocenters. The molecule has 74 valence electrons. The average molecular weight is 181 g/mol. The van der Waals surface area contributed by atoms with Gasteiger partial charge in [0.25, 0.3) is 0 Å². The van der Waals surface area contributed by atoms with Gasteiger partial charge in [-0.15, -0.1) is 0 Å². The maximum absolute atomic E-state index is 11.7. The van der Waals surface area contributed by atoms with E-state index < -0.39 is 0 Å². The molecule has 2 heteroatoms. The third kappa shape index (κ3) is 2.66. The standard InChI is InChI=1S/C11H19NO/c1-8(2)10(12)11(13)9-6-4-3-5-7-9/h6,8,10H,3-5,7,12H2,1-2H3. The van der Waals surface area contributed by atoms with Crippen LogP contribution >= 0.6 is 0 Å². The first kappa shape index (κ1) is 10.5. The summed E-state index contributed by atoms with van der Waals surface area (Å²) in [5.74, 6) is 0.407. The molecule has 0 heterocycles. The van der Waals surface area contributed by atoms with Gasteiger partial charge in [0, 0.05) is 0 Å². The Balaban J connectivity index is 2.60. The molecule has 13 heavy (non-hydrogen) atoms. The Morgan fingerprint density at radius 3 is 2.62 bits per heavy atom. The first-order chi connectivity index (χ1) is 6.13. The average Bonchev–Trinajstić information content (AvgIpc) is 2.17. The van der Waals surface area contributed by atoms with Crippen molar-refractivity contribution >= 4 is 5.78 Å². The highest BCUT2D eigenvalue weighted by Crippen LogP contribution is 2.20. The van der Waals surface area contributed by atoms with Crippen LogP contribution in [0.5, 0.6) is 0 Å². The molecule has 1 aliphatic carbocycles. The van der Waals surface area contributed by atoms with Crippen molar-refractivity contribution in [2.75, 3.05) is 0 Å². The molecule has 1 atom stereocenters. The summed E-state index contributed by atoms with van der Waals surface area (Å²) < 4.78 is 0. The molecule has 0 radical (unpaired) electrons. The molecule has 0 aromatic heterocycles. The van der Waals surface area contributed by atoms with E-state index in [9.17, 15) is 4.79 Å². The molecule has 2 N–H and O–H groups in total. The number of allylic oxidation sites excluding steroid dienone is 1. The SMILES string of the molecule is CC(C)C(N)C(=O)C1=CCCCC1. The lowest BCUT2D eigenvalue weighted by Crippen LogP contribution is -2.36. The highest BCUT2D eigenvalue weighted by atomic mass is 16.1. The molecule has 1 aliphatic rings. The molecule has 0 aromatic rings. The molecule has 0 fully saturated rings. The first-order valence-electron chi connectivity index (χ1n) is 5.11. The third-order valence-corrected chi connectivity index (χ3v) is 2.63. The highest BCUT2D eigenvalue weighted by Gasteiger charge is 2.21. The van der Waals surface area contributed by atoms with E-state index in [1.165, 1.54) is 6.42 Å². The second kappa shape index (κ2) is 4.56. The van der Waals surface area contributed by atoms with Crippen molar-refractivity contribution in [3.8, 4) is 0 Å². The largest absolute Gasteiger partial charge is 0.321 e. The molecule has 2 nitrogen and oxygen atoms in total. The molecule has 0 amide bonds. The zero-order chi connectivity index (χ0) is 9.84. The van der Waals surface area contributed by atoms with Crippen LogP contribution in [0.15, 0.2) is 11.6 Å². The fourth-order valence-corrected chi connectivity index (χ4v) is 1.58. The van der Waals surface area contributed by atoms with Crippen molar-refractivity contribution in [1.29, 1.82) is 0 Å². The van der Waals surface area contributed by atoms with Crippen LogP contribution in [0.4, 0.5) is 0 Å². The normalized spacial score (nSPS) is 19.8. The number of nitrogens with two attached hydrogens (primary N) is 1. The molecular weight excluding hydrogens is 162 g/mol. The minimum Gasteiger partial charge on any atom is -0.321 e. The summed E-state index contributed by atoms with van der Waals surface area (Å²) in [5.41, 5.74) is 6.77. The summed E-state index contributed by atoms with van der Waals surface area (Å²) in [6.45, 7) is 3.98. The van der Waals surface area contributed by atoms with Crippen LogP contribution in [0, 0.1) is 5.92 Å². The van der Waals surface area contributed by atoms with Gasteiger partial charge in [-0.2, -0.15) is 0 Å². The minimum atomic E-state index is -0.302. The van der Waals surface area contributed by atoms with E-state index in [0.29, 0.717) is 0 Å². The zero-order valence-electron chi connectivity index (χ0n) is 8.55. The summed E-state index contributed by atoms with van der Waals surface area (Å²) in [4.78, 5) is 11.7. The number of ketones is 1. The molecule has 0 aromatic carbocycles. The van der Waals surface area contributed by atoms with Crippen molar-refractivity contribution in [1.82, 2.24) is 0 Å². The van der Waals surface area contributed by atoms with Gasteiger partial charge in [0.05, 0.1) is 6.04 Å². The first-order valence-corrected chi connectivity index (χ1v) is 5.11. The van der Waals surface area contributed by atoms with Crippen molar-refractivity contribution in [2.24, 2.45) is 11.7 Å². The summed E-state index contributed by atoms with van der Waals surface area (Å²) in [7, 11) is 0. The van der Waals surface area contributed by atoms with Crippen LogP contribution in [0.2, 0.25) is 0 Å². The fraction of sp³-hybridized carbons (Fsp3) is 0.727. The van der Waals surface area contributed by atoms with Crippen molar-refractivity contribution in [3.63, 3.8) is 0 Å². The van der Waals surface area contributed by atoms with Crippen LogP contribution in [-0.2, 0) is 4.79 Å². The maximum atomic E-state index is 11.7. The van der Waals surface area contributed by atoms with E-state index in [1.807, 2.05) is 13.8 Å². The van der Waals surface area contributed by atoms with E-state index >= 15 is 0 Å². The van der Waals surface area contributed by atoms with E-state index in [1.54, 1.807) is 0 Å². The fourth-order valence-electron chi connectivity index (χ4n) is 1.58. The van der Waals surface area contributed by atoms with Gasteiger partial charge in [0.15, 0.2) is 5.78 Å². The molecule has 0 spiro atoms. The Labute approximate surface area is 80.2 Å². The number of hydrogen-bond donors (Lipinski definition) is 1. The maximum Gasteiger partial charge on any atom is 0.175 e. The van der Waals surface area contributed by atoms with Crippen LogP contribution in [0.3, 0.4) is 0 Å². The van der Waals surface area contributed by atoms with Crippen LogP contribution in [0.1, 0.15) is 39.5 Å². The van der Waals surface area contributed by atoms with Gasteiger partial charge in [-0.3, -0.25) is 4.79 Å². The third-order valence-electron chi connectivity index (χ3n) is 2.63. The van der Waals surface area contributed by atoms with Gasteiger partial charge in [-0.05, 0) is 37.2 Å². The molecule has 0 saturated carbocycles. The zero-order valence-corrected chi connectivity index (χ0v) is 8.55. The van der Waals surface area contributed by atoms with Crippen LogP contribution in [-0.4, -0.2) is 11.8 Å². The topological polar surface area (TPSA) is 43.1 Å². The summed E-state index contributed by atoms with van der Waals surface area (Å²) in [6, 6.07) is -0.302. The van der Waals surface area contributed by atoms with Gasteiger partial charge in [0.2, 0.25) is 0 Å². The van der Waals surface area contributed by atoms with Crippen molar-refractivity contribution in [2.45, 2.75) is 45.6 Å². The number of rotatable bonds is 3. The van der Waals surface area contributed by atoms with Crippen LogP contribution < -0.4 is 5.73 Å². The van der Waals surface area contributed by atoms with E-state index in [4.69, 9.17) is 5.73 Å². The highest BCUT2D eigenvalue weighted by molar-refractivity contribution is 5.99. The second-order valence-electron chi connectivity index (χ2n) is 4.11. The summed E-state index contributed by atoms with van der Waals surface area (Å²) >= 11 is 0. The molecule has 0 bridgehead atoms. The Bertz CT molecular complexity index is 218. The van der Waals surface area contributed by atoms with Gasteiger partial charge in [-0.25, -0.2) is 0 Å². The smallest absolute Gasteiger partial charge is 0.175 e. The van der Waals surface area contributed by atoms with Gasteiger partial charge in [-0.1, -0.05) is 19.9 Å². The number of Topliss-reactive ketones (excluding diaryl/α,β-unsaturated/α-hetero) is 1. The number of carbonyl (C=O) groups excluding carboxylic acids is 1. The quantitative estimate of drug-likeness (QED) is 0.724. The monoisotopic (exact) mass is 181 g/mol. The van der Waals surface area contributed by atoms with E-state index in [2.05, 4.69) is 6.08 Å². The summed E-state index contributed by atoms with van der Waals surface area (Å²) in [5, 5.41) is 0. The summed E-state index contributed by atoms with van der Waals surface area (Å²) in [6.07, 6.45) is 6.40. The molecule has 1 rings (SSSR count). The number of carbonyl (C=O) groups is 1.